The summed E-state index contributed by atoms with van der Waals surface area (Å²) in [5.74, 6) is 0. The molecule has 12 aromatic rings. The Morgan fingerprint density at radius 1 is 0.310 bits per heavy atom. The second kappa shape index (κ2) is 19.5. The van der Waals surface area contributed by atoms with Crippen LogP contribution in [0, 0.1) is 0 Å². The van der Waals surface area contributed by atoms with Crippen molar-refractivity contribution in [2.75, 3.05) is 0 Å². The van der Waals surface area contributed by atoms with Crippen LogP contribution in [0.25, 0.3) is 100 Å². The zero-order chi connectivity index (χ0) is 47.3. The number of aryl methyl sites for hydroxylation is 4. The summed E-state index contributed by atoms with van der Waals surface area (Å²) in [4.78, 5) is 18.6. The van der Waals surface area contributed by atoms with Gasteiger partial charge in [-0.1, -0.05) is 188 Å². The predicted molar refractivity (Wildman–Crippen MR) is 291 cm³/mol. The average molecular weight is 913 g/mol. The molecule has 0 N–H and O–H groups in total. The van der Waals surface area contributed by atoms with Gasteiger partial charge in [0.15, 0.2) is 0 Å². The van der Waals surface area contributed by atoms with Crippen molar-refractivity contribution >= 4 is 22.1 Å². The number of fused-ring (bicyclic) bond motifs is 3. The maximum Gasteiger partial charge on any atom is 0.230 e. The molecule has 0 aliphatic heterocycles. The molecule has 0 fully saturated rings. The van der Waals surface area contributed by atoms with Crippen LogP contribution in [-0.4, -0.2) is 19.9 Å². The van der Waals surface area contributed by atoms with E-state index in [0.29, 0.717) is 5.71 Å². The molecule has 71 heavy (non-hydrogen) atoms. The van der Waals surface area contributed by atoms with Gasteiger partial charge in [-0.25, -0.2) is 9.97 Å². The topological polar surface area (TPSA) is 64.7 Å². The van der Waals surface area contributed by atoms with Gasteiger partial charge in [0.05, 0.1) is 22.5 Å². The lowest BCUT2D eigenvalue weighted by Gasteiger charge is -2.18. The summed E-state index contributed by atoms with van der Waals surface area (Å²) in [6.45, 7) is 0. The zero-order valence-electron chi connectivity index (χ0n) is 39.1. The lowest BCUT2D eigenvalue weighted by molar-refractivity contribution is 0.653. The first-order chi connectivity index (χ1) is 35.2. The molecule has 0 spiro atoms. The van der Waals surface area contributed by atoms with E-state index in [4.69, 9.17) is 9.40 Å². The van der Waals surface area contributed by atoms with Crippen molar-refractivity contribution in [1.29, 1.82) is 0 Å². The van der Waals surface area contributed by atoms with Crippen molar-refractivity contribution in [3.63, 3.8) is 0 Å². The molecule has 0 amide bonds. The van der Waals surface area contributed by atoms with Crippen molar-refractivity contribution in [2.24, 2.45) is 0 Å². The van der Waals surface area contributed by atoms with Gasteiger partial charge in [-0.3, -0.25) is 9.97 Å². The molecule has 5 nitrogen and oxygen atoms in total. The van der Waals surface area contributed by atoms with E-state index in [1.54, 1.807) is 6.33 Å². The molecule has 5 heteroatoms. The maximum atomic E-state index is 6.23. The predicted octanol–water partition coefficient (Wildman–Crippen LogP) is 16.4. The summed E-state index contributed by atoms with van der Waals surface area (Å²) < 4.78 is 6.23. The molecule has 338 valence electrons. The third-order valence-corrected chi connectivity index (χ3v) is 13.6. The van der Waals surface area contributed by atoms with Gasteiger partial charge >= 0.3 is 0 Å². The highest BCUT2D eigenvalue weighted by Crippen LogP contribution is 2.43. The normalized spacial score (nSPS) is 11.3. The van der Waals surface area contributed by atoms with Crippen LogP contribution in [0.4, 0.5) is 0 Å². The molecule has 0 saturated carbocycles. The van der Waals surface area contributed by atoms with Crippen LogP contribution in [0.5, 0.6) is 0 Å². The Morgan fingerprint density at radius 2 is 0.831 bits per heavy atom. The summed E-state index contributed by atoms with van der Waals surface area (Å²) in [5.41, 5.74) is 22.0. The molecule has 0 atom stereocenters. The number of hydrogen-bond donors (Lipinski definition) is 0. The molecule has 12 rings (SSSR count). The van der Waals surface area contributed by atoms with Crippen molar-refractivity contribution in [3.8, 4) is 78.3 Å². The van der Waals surface area contributed by atoms with E-state index < -0.39 is 0 Å². The molecule has 8 aromatic carbocycles. The van der Waals surface area contributed by atoms with Gasteiger partial charge in [-0.2, -0.15) is 0 Å². The zero-order valence-corrected chi connectivity index (χ0v) is 39.1. The highest BCUT2D eigenvalue weighted by Gasteiger charge is 2.19. The molecular formula is C66H48N4O. The lowest BCUT2D eigenvalue weighted by Crippen LogP contribution is -1.98. The fourth-order valence-electron chi connectivity index (χ4n) is 9.92. The van der Waals surface area contributed by atoms with Crippen molar-refractivity contribution < 1.29 is 4.42 Å². The summed E-state index contributed by atoms with van der Waals surface area (Å²) in [5, 5.41) is 1.92. The molecule has 0 radical (unpaired) electrons. The molecule has 0 aliphatic carbocycles. The SMILES string of the molecule is c1ccc(-c2ccc(-c3cc(-c4ncnc5oc6ccccc6c45)ccc3-c3ccccc3-c3cc(CCc4ccc(-c5ccccn5)cc4)cc(CCc4ccc(-c5ccccn5)cc4)c3)cc2)cc1. The number of furan rings is 1. The molecule has 0 saturated heterocycles. The van der Waals surface area contributed by atoms with E-state index in [1.165, 1.54) is 50.1 Å². The highest BCUT2D eigenvalue weighted by molar-refractivity contribution is 6.10. The van der Waals surface area contributed by atoms with Crippen molar-refractivity contribution in [3.05, 3.63) is 265 Å². The van der Waals surface area contributed by atoms with Crippen LogP contribution < -0.4 is 0 Å². The van der Waals surface area contributed by atoms with Gasteiger partial charge in [-0.05, 0) is 129 Å². The first-order valence-electron chi connectivity index (χ1n) is 24.3. The van der Waals surface area contributed by atoms with E-state index >= 15 is 0 Å². The van der Waals surface area contributed by atoms with Gasteiger partial charge in [0.25, 0.3) is 0 Å². The minimum Gasteiger partial charge on any atom is -0.438 e. The van der Waals surface area contributed by atoms with E-state index in [-0.39, 0.29) is 0 Å². The standard InChI is InChI=1S/C66H48N4O/c1-2-12-49(13-3-1)50-32-34-51(35-33-50)60-43-54(65-64-59-16-6-7-19-63(59)71-66(64)70-44-69-65)36-37-58(60)57-15-5-4-14-56(57)55-41-47(22-20-45-24-28-52(29-25-45)61-17-8-10-38-67-61)40-48(42-55)23-21-46-26-30-53(31-27-46)62-18-9-11-39-68-62/h1-19,24-44H,20-23H2. The molecule has 4 heterocycles. The lowest BCUT2D eigenvalue weighted by atomic mass is 9.86. The first kappa shape index (κ1) is 43.2. The Morgan fingerprint density at radius 3 is 1.48 bits per heavy atom. The van der Waals surface area contributed by atoms with Gasteiger partial charge in [-0.15, -0.1) is 0 Å². The van der Waals surface area contributed by atoms with Crippen LogP contribution in [0.3, 0.4) is 0 Å². The van der Waals surface area contributed by atoms with E-state index in [0.717, 1.165) is 92.5 Å². The number of aromatic nitrogens is 4. The Hall–Kier alpha value is -9.06. The minimum absolute atomic E-state index is 0.582. The average Bonchev–Trinajstić information content (AvgIpc) is 3.84. The Bertz CT molecular complexity index is 3670. The molecule has 4 aromatic heterocycles. The number of pyridine rings is 2. The number of rotatable bonds is 13. The van der Waals surface area contributed by atoms with Crippen LogP contribution in [0.15, 0.2) is 248 Å². The van der Waals surface area contributed by atoms with Crippen molar-refractivity contribution in [1.82, 2.24) is 19.9 Å². The third-order valence-electron chi connectivity index (χ3n) is 13.6. The van der Waals surface area contributed by atoms with Gasteiger partial charge in [0.1, 0.15) is 11.9 Å². The minimum atomic E-state index is 0.582. The Kier molecular flexibility index (Phi) is 11.9. The third kappa shape index (κ3) is 9.17. The molecule has 0 aliphatic rings. The van der Waals surface area contributed by atoms with Crippen LogP contribution >= 0.6 is 0 Å². The fraction of sp³-hybridized carbons (Fsp3) is 0.0606. The maximum absolute atomic E-state index is 6.23. The second-order valence-corrected chi connectivity index (χ2v) is 18.1. The van der Waals surface area contributed by atoms with Crippen molar-refractivity contribution in [2.45, 2.75) is 25.7 Å². The second-order valence-electron chi connectivity index (χ2n) is 18.1. The number of nitrogens with zero attached hydrogens (tertiary/aromatic N) is 4. The van der Waals surface area contributed by atoms with Crippen LogP contribution in [0.1, 0.15) is 22.3 Å². The van der Waals surface area contributed by atoms with Gasteiger partial charge < -0.3 is 4.42 Å². The highest BCUT2D eigenvalue weighted by atomic mass is 16.3. The van der Waals surface area contributed by atoms with Gasteiger partial charge in [0, 0.05) is 34.5 Å². The summed E-state index contributed by atoms with van der Waals surface area (Å²) >= 11 is 0. The largest absolute Gasteiger partial charge is 0.438 e. The molecule has 0 unspecified atom stereocenters. The van der Waals surface area contributed by atoms with E-state index in [1.807, 2.05) is 54.9 Å². The van der Waals surface area contributed by atoms with Gasteiger partial charge in [0.2, 0.25) is 5.71 Å². The molecule has 0 bridgehead atoms. The smallest absolute Gasteiger partial charge is 0.230 e. The summed E-state index contributed by atoms with van der Waals surface area (Å²) in [7, 11) is 0. The van der Waals surface area contributed by atoms with E-state index in [2.05, 4.69) is 197 Å². The quantitative estimate of drug-likeness (QED) is 0.115. The molecular weight excluding hydrogens is 865 g/mol. The monoisotopic (exact) mass is 912 g/mol. The fourth-order valence-corrected chi connectivity index (χ4v) is 9.92. The van der Waals surface area contributed by atoms with E-state index in [9.17, 15) is 0 Å². The number of benzene rings is 8. The van der Waals surface area contributed by atoms with Crippen LogP contribution in [-0.2, 0) is 25.7 Å². The first-order valence-corrected chi connectivity index (χ1v) is 24.3. The Balaban J connectivity index is 0.939. The summed E-state index contributed by atoms with van der Waals surface area (Å²) in [6, 6.07) is 80.4. The summed E-state index contributed by atoms with van der Waals surface area (Å²) in [6.07, 6.45) is 8.98. The van der Waals surface area contributed by atoms with Crippen LogP contribution in [0.2, 0.25) is 0 Å². The number of hydrogen-bond acceptors (Lipinski definition) is 5. The Labute approximate surface area is 413 Å². The number of para-hydroxylation sites is 1.